The van der Waals surface area contributed by atoms with Crippen molar-refractivity contribution in [3.05, 3.63) is 24.4 Å². The molecule has 0 radical (unpaired) electrons. The second-order valence-corrected chi connectivity index (χ2v) is 3.70. The molecule has 0 fully saturated rings. The van der Waals surface area contributed by atoms with Crippen molar-refractivity contribution in [2.45, 2.75) is 0 Å². The molecule has 1 heterocycles. The Morgan fingerprint density at radius 1 is 1.11 bits per heavy atom. The Morgan fingerprint density at radius 2 is 1.74 bits per heavy atom. The number of nitrogens with zero attached hydrogens (tertiary/aromatic N) is 2. The molecular weight excluding hydrogens is 254 g/mol. The van der Waals surface area contributed by atoms with Crippen LogP contribution in [0.5, 0.6) is 0 Å². The van der Waals surface area contributed by atoms with Crippen LogP contribution in [-0.4, -0.2) is 57.6 Å². The molecule has 0 unspecified atom stereocenters. The summed E-state index contributed by atoms with van der Waals surface area (Å²) in [7, 11) is 0. The van der Waals surface area contributed by atoms with E-state index in [-0.39, 0.29) is 6.54 Å². The summed E-state index contributed by atoms with van der Waals surface area (Å²) in [4.78, 5) is 37.6. The highest BCUT2D eigenvalue weighted by Gasteiger charge is 2.17. The molecule has 0 aliphatic rings. The number of anilines is 1. The minimum absolute atomic E-state index is 0.318. The van der Waals surface area contributed by atoms with Gasteiger partial charge < -0.3 is 15.5 Å². The van der Waals surface area contributed by atoms with Gasteiger partial charge in [0.1, 0.15) is 5.82 Å². The maximum atomic E-state index is 11.6. The second kappa shape index (κ2) is 7.07. The van der Waals surface area contributed by atoms with E-state index in [0.717, 1.165) is 4.90 Å². The Bertz CT molecular complexity index is 447. The third-order valence-electron chi connectivity index (χ3n) is 2.02. The average molecular weight is 267 g/mol. The lowest BCUT2D eigenvalue weighted by Gasteiger charge is -2.16. The van der Waals surface area contributed by atoms with Crippen molar-refractivity contribution in [2.24, 2.45) is 0 Å². The van der Waals surface area contributed by atoms with Gasteiger partial charge in [-0.25, -0.2) is 4.98 Å². The molecule has 0 aliphatic carbocycles. The van der Waals surface area contributed by atoms with Crippen molar-refractivity contribution in [1.82, 2.24) is 9.88 Å². The van der Waals surface area contributed by atoms with Gasteiger partial charge in [0.2, 0.25) is 5.91 Å². The van der Waals surface area contributed by atoms with Crippen LogP contribution in [0.2, 0.25) is 0 Å². The van der Waals surface area contributed by atoms with Crippen LogP contribution in [-0.2, 0) is 14.4 Å². The van der Waals surface area contributed by atoms with Crippen molar-refractivity contribution in [1.29, 1.82) is 0 Å². The highest BCUT2D eigenvalue weighted by Crippen LogP contribution is 2.00. The number of aromatic nitrogens is 1. The van der Waals surface area contributed by atoms with Crippen LogP contribution in [0, 0.1) is 0 Å². The highest BCUT2D eigenvalue weighted by molar-refractivity contribution is 5.91. The van der Waals surface area contributed by atoms with Crippen molar-refractivity contribution in [3.63, 3.8) is 0 Å². The van der Waals surface area contributed by atoms with E-state index in [1.165, 1.54) is 6.20 Å². The van der Waals surface area contributed by atoms with E-state index >= 15 is 0 Å². The lowest BCUT2D eigenvalue weighted by Crippen LogP contribution is -2.40. The maximum absolute atomic E-state index is 11.6. The maximum Gasteiger partial charge on any atom is 0.317 e. The summed E-state index contributed by atoms with van der Waals surface area (Å²) < 4.78 is 0. The molecule has 0 saturated heterocycles. The molecular formula is C11H13N3O5. The number of aliphatic carboxylic acids is 2. The predicted octanol–water partition coefficient (Wildman–Crippen LogP) is -0.509. The van der Waals surface area contributed by atoms with Gasteiger partial charge in [-0.3, -0.25) is 19.3 Å². The number of carboxylic acid groups (broad SMARTS) is 2. The van der Waals surface area contributed by atoms with Gasteiger partial charge in [-0.1, -0.05) is 6.07 Å². The van der Waals surface area contributed by atoms with Crippen molar-refractivity contribution in [2.75, 3.05) is 25.0 Å². The number of hydrogen-bond donors (Lipinski definition) is 3. The predicted molar refractivity (Wildman–Crippen MR) is 64.6 cm³/mol. The Hall–Kier alpha value is -2.48. The van der Waals surface area contributed by atoms with Gasteiger partial charge in [0, 0.05) is 6.20 Å². The van der Waals surface area contributed by atoms with E-state index in [4.69, 9.17) is 10.2 Å². The van der Waals surface area contributed by atoms with Gasteiger partial charge in [-0.2, -0.15) is 0 Å². The summed E-state index contributed by atoms with van der Waals surface area (Å²) in [5.74, 6) is -2.61. The van der Waals surface area contributed by atoms with Crippen LogP contribution in [0.15, 0.2) is 24.4 Å². The number of carbonyl (C=O) groups is 3. The van der Waals surface area contributed by atoms with Gasteiger partial charge in [0.05, 0.1) is 19.6 Å². The average Bonchev–Trinajstić information content (AvgIpc) is 2.27. The lowest BCUT2D eigenvalue weighted by molar-refractivity contribution is -0.142. The smallest absolute Gasteiger partial charge is 0.317 e. The van der Waals surface area contributed by atoms with Crippen LogP contribution in [0.25, 0.3) is 0 Å². The summed E-state index contributed by atoms with van der Waals surface area (Å²) in [6.07, 6.45) is 1.49. The van der Waals surface area contributed by atoms with Crippen LogP contribution in [0.3, 0.4) is 0 Å². The first-order valence-electron chi connectivity index (χ1n) is 5.34. The summed E-state index contributed by atoms with van der Waals surface area (Å²) >= 11 is 0. The molecule has 0 aromatic carbocycles. The van der Waals surface area contributed by atoms with Gasteiger partial charge in [-0.05, 0) is 12.1 Å². The molecule has 0 saturated carbocycles. The largest absolute Gasteiger partial charge is 0.480 e. The fraction of sp³-hybridized carbons (Fsp3) is 0.273. The Labute approximate surface area is 108 Å². The molecule has 0 bridgehead atoms. The molecule has 0 aliphatic heterocycles. The van der Waals surface area contributed by atoms with Crippen LogP contribution in [0.1, 0.15) is 0 Å². The first-order valence-corrected chi connectivity index (χ1v) is 5.34. The second-order valence-electron chi connectivity index (χ2n) is 3.70. The number of rotatable bonds is 7. The van der Waals surface area contributed by atoms with E-state index in [9.17, 15) is 14.4 Å². The number of amides is 1. The molecule has 1 aromatic heterocycles. The molecule has 3 N–H and O–H groups in total. The molecule has 0 atom stereocenters. The van der Waals surface area contributed by atoms with Crippen LogP contribution < -0.4 is 5.32 Å². The van der Waals surface area contributed by atoms with Crippen molar-refractivity contribution >= 4 is 23.7 Å². The molecule has 19 heavy (non-hydrogen) atoms. The Kier molecular flexibility index (Phi) is 5.42. The van der Waals surface area contributed by atoms with Crippen molar-refractivity contribution < 1.29 is 24.6 Å². The summed E-state index contributed by atoms with van der Waals surface area (Å²) in [6.45, 7) is -1.39. The van der Waals surface area contributed by atoms with Gasteiger partial charge in [0.15, 0.2) is 0 Å². The van der Waals surface area contributed by atoms with Gasteiger partial charge >= 0.3 is 11.9 Å². The van der Waals surface area contributed by atoms with Gasteiger partial charge in [-0.15, -0.1) is 0 Å². The zero-order valence-corrected chi connectivity index (χ0v) is 9.94. The first-order chi connectivity index (χ1) is 8.97. The number of hydrogen-bond acceptors (Lipinski definition) is 5. The first kappa shape index (κ1) is 14.6. The Balaban J connectivity index is 2.55. The SMILES string of the molecule is O=C(O)CN(CC(=O)O)CC(=O)Nc1ccccn1. The molecule has 8 heteroatoms. The van der Waals surface area contributed by atoms with E-state index < -0.39 is 30.9 Å². The number of nitrogens with one attached hydrogen (secondary N) is 1. The minimum atomic E-state index is -1.20. The fourth-order valence-electron chi connectivity index (χ4n) is 1.37. The molecule has 1 amide bonds. The molecule has 1 rings (SSSR count). The van der Waals surface area contributed by atoms with E-state index in [2.05, 4.69) is 10.3 Å². The zero-order chi connectivity index (χ0) is 14.3. The summed E-state index contributed by atoms with van der Waals surface area (Å²) in [5, 5.41) is 19.7. The highest BCUT2D eigenvalue weighted by atomic mass is 16.4. The zero-order valence-electron chi connectivity index (χ0n) is 9.94. The Morgan fingerprint density at radius 3 is 2.21 bits per heavy atom. The van der Waals surface area contributed by atoms with Crippen molar-refractivity contribution in [3.8, 4) is 0 Å². The number of carbonyl (C=O) groups excluding carboxylic acids is 1. The molecule has 1 aromatic rings. The topological polar surface area (TPSA) is 120 Å². The quantitative estimate of drug-likeness (QED) is 0.608. The molecule has 8 nitrogen and oxygen atoms in total. The van der Waals surface area contributed by atoms with E-state index in [1.54, 1.807) is 18.2 Å². The monoisotopic (exact) mass is 267 g/mol. The normalized spacial score (nSPS) is 10.2. The number of pyridine rings is 1. The minimum Gasteiger partial charge on any atom is -0.480 e. The summed E-state index contributed by atoms with van der Waals surface area (Å²) in [6, 6.07) is 4.92. The number of carboxylic acids is 2. The molecule has 102 valence electrons. The van der Waals surface area contributed by atoms with E-state index in [1.807, 2.05) is 0 Å². The summed E-state index contributed by atoms with van der Waals surface area (Å²) in [5.41, 5.74) is 0. The molecule has 0 spiro atoms. The third kappa shape index (κ3) is 6.13. The van der Waals surface area contributed by atoms with Crippen LogP contribution in [0.4, 0.5) is 5.82 Å². The lowest BCUT2D eigenvalue weighted by atomic mass is 10.4. The third-order valence-corrected chi connectivity index (χ3v) is 2.02. The fourth-order valence-corrected chi connectivity index (χ4v) is 1.37. The van der Waals surface area contributed by atoms with E-state index in [0.29, 0.717) is 5.82 Å². The standard InChI is InChI=1S/C11H13N3O5/c15-9(13-8-3-1-2-4-12-8)5-14(6-10(16)17)7-11(18)19/h1-4H,5-7H2,(H,16,17)(H,18,19)(H,12,13,15). The van der Waals surface area contributed by atoms with Crippen LogP contribution >= 0.6 is 0 Å². The van der Waals surface area contributed by atoms with Gasteiger partial charge in [0.25, 0.3) is 0 Å².